The number of nitrogens with zero attached hydrogens (tertiary/aromatic N) is 5. The average molecular weight is 384 g/mol. The van der Waals surface area contributed by atoms with Crippen molar-refractivity contribution in [2.24, 2.45) is 0 Å². The minimum absolute atomic E-state index is 0.0637. The fraction of sp³-hybridized carbons (Fsp3) is 0.235. The highest BCUT2D eigenvalue weighted by Crippen LogP contribution is 2.14. The van der Waals surface area contributed by atoms with Gasteiger partial charge in [-0.2, -0.15) is 4.68 Å². The van der Waals surface area contributed by atoms with Crippen LogP contribution in [-0.2, 0) is 13.0 Å². The van der Waals surface area contributed by atoms with Crippen LogP contribution in [0.2, 0.25) is 0 Å². The second-order valence-corrected chi connectivity index (χ2v) is 6.34. The van der Waals surface area contributed by atoms with Gasteiger partial charge in [0.2, 0.25) is 11.6 Å². The van der Waals surface area contributed by atoms with Crippen LogP contribution in [0.15, 0.2) is 47.2 Å². The summed E-state index contributed by atoms with van der Waals surface area (Å²) in [7, 11) is 3.88. The van der Waals surface area contributed by atoms with Gasteiger partial charge in [-0.3, -0.25) is 10.2 Å². The van der Waals surface area contributed by atoms with E-state index in [0.29, 0.717) is 12.2 Å². The van der Waals surface area contributed by atoms with E-state index in [-0.39, 0.29) is 17.3 Å². The predicted octanol–water partition coefficient (Wildman–Crippen LogP) is -1.13. The van der Waals surface area contributed by atoms with Crippen LogP contribution in [0.25, 0.3) is 5.82 Å². The second-order valence-electron chi connectivity index (χ2n) is 6.34. The van der Waals surface area contributed by atoms with Crippen LogP contribution in [0, 0.1) is 0 Å². The first kappa shape index (κ1) is 19.0. The van der Waals surface area contributed by atoms with Crippen molar-refractivity contribution < 1.29 is 14.3 Å². The largest absolute Gasteiger partial charge is 0.378 e. The highest BCUT2D eigenvalue weighted by molar-refractivity contribution is 5.93. The molecule has 0 fully saturated rings. The first-order valence-corrected chi connectivity index (χ1v) is 8.63. The Kier molecular flexibility index (Phi) is 5.97. The fourth-order valence-electron chi connectivity index (χ4n) is 2.51. The van der Waals surface area contributed by atoms with E-state index in [0.717, 1.165) is 11.3 Å². The summed E-state index contributed by atoms with van der Waals surface area (Å²) in [5, 5.41) is 15.2. The number of nitrogen functional groups attached to an aromatic ring is 1. The third-order valence-corrected chi connectivity index (χ3v) is 3.78. The molecule has 3 aromatic rings. The number of amides is 1. The van der Waals surface area contributed by atoms with Crippen molar-refractivity contribution in [3.05, 3.63) is 59.6 Å². The van der Waals surface area contributed by atoms with Gasteiger partial charge in [-0.1, -0.05) is 41.6 Å². The Morgan fingerprint density at radius 3 is 2.75 bits per heavy atom. The van der Waals surface area contributed by atoms with Gasteiger partial charge in [0.05, 0.1) is 14.1 Å². The summed E-state index contributed by atoms with van der Waals surface area (Å²) >= 11 is 0. The molecule has 0 bridgehead atoms. The van der Waals surface area contributed by atoms with Crippen LogP contribution in [0.3, 0.4) is 0 Å². The Morgan fingerprint density at radius 1 is 1.29 bits per heavy atom. The van der Waals surface area contributed by atoms with Gasteiger partial charge >= 0.3 is 0 Å². The van der Waals surface area contributed by atoms with Gasteiger partial charge in [0.15, 0.2) is 5.69 Å². The highest BCUT2D eigenvalue weighted by Gasteiger charge is 2.25. The quantitative estimate of drug-likeness (QED) is 0.358. The third-order valence-electron chi connectivity index (χ3n) is 3.78. The number of nitrogens with two attached hydrogens (primary N) is 1. The molecule has 0 aliphatic carbocycles. The van der Waals surface area contributed by atoms with Crippen LogP contribution in [0.4, 0.5) is 5.82 Å². The average Bonchev–Trinajstić information content (AvgIpc) is 3.27. The number of aromatic nitrogens is 5. The summed E-state index contributed by atoms with van der Waals surface area (Å²) in [5.74, 6) is -0.172. The van der Waals surface area contributed by atoms with Gasteiger partial charge in [0, 0.05) is 6.20 Å². The van der Waals surface area contributed by atoms with Gasteiger partial charge in [0.1, 0.15) is 12.2 Å². The highest BCUT2D eigenvalue weighted by atomic mass is 16.6. The maximum Gasteiger partial charge on any atom is 0.292 e. The number of hydrazine groups is 1. The molecule has 0 saturated carbocycles. The zero-order chi connectivity index (χ0) is 19.9. The molecule has 11 nitrogen and oxygen atoms in total. The molecule has 0 saturated heterocycles. The lowest BCUT2D eigenvalue weighted by Crippen LogP contribution is -3.04. The number of anilines is 1. The molecule has 3 rings (SSSR count). The molecular formula is C17H22N9O2+. The lowest BCUT2D eigenvalue weighted by atomic mass is 10.1. The zero-order valence-electron chi connectivity index (χ0n) is 15.6. The molecule has 2 heterocycles. The molecule has 146 valence electrons. The molecule has 0 atom stereocenters. The number of benzene rings is 1. The Morgan fingerprint density at radius 2 is 2.07 bits per heavy atom. The molecule has 1 amide bonds. The normalized spacial score (nSPS) is 11.2. The van der Waals surface area contributed by atoms with E-state index in [1.54, 1.807) is 6.20 Å². The summed E-state index contributed by atoms with van der Waals surface area (Å²) in [5.41, 5.74) is 12.9. The van der Waals surface area contributed by atoms with E-state index in [2.05, 4.69) is 36.1 Å². The number of hydrogen-bond donors (Lipinski definition) is 4. The van der Waals surface area contributed by atoms with Gasteiger partial charge in [-0.25, -0.2) is 4.63 Å². The number of quaternary nitrogens is 1. The standard InChI is InChI=1S/C17H21N9O2/c1-25(2)11-13-14(20-24-26(13)16-15(18)22-28-23-16)17(27)21-19-10-6-9-12-7-4-3-5-8-12/h3-8,10,19H,9,11H2,1-2H3,(H2,18,22)(H,21,27)/p+1. The summed E-state index contributed by atoms with van der Waals surface area (Å²) in [4.78, 5) is 13.6. The van der Waals surface area contributed by atoms with E-state index >= 15 is 0 Å². The van der Waals surface area contributed by atoms with Crippen LogP contribution in [0.1, 0.15) is 21.7 Å². The van der Waals surface area contributed by atoms with Crippen molar-refractivity contribution in [1.82, 2.24) is 36.2 Å². The van der Waals surface area contributed by atoms with E-state index in [4.69, 9.17) is 5.73 Å². The number of hydrogen-bond acceptors (Lipinski definition) is 8. The summed E-state index contributed by atoms with van der Waals surface area (Å²) in [6.45, 7) is 0.464. The maximum absolute atomic E-state index is 12.5. The smallest absolute Gasteiger partial charge is 0.292 e. The van der Waals surface area contributed by atoms with Gasteiger partial charge in [0.25, 0.3) is 5.91 Å². The number of nitrogens with one attached hydrogen (secondary N) is 3. The van der Waals surface area contributed by atoms with E-state index in [1.807, 2.05) is 50.5 Å². The van der Waals surface area contributed by atoms with E-state index in [9.17, 15) is 4.79 Å². The Hall–Kier alpha value is -3.73. The third kappa shape index (κ3) is 4.51. The van der Waals surface area contributed by atoms with Crippen molar-refractivity contribution in [2.45, 2.75) is 13.0 Å². The number of carbonyl (C=O) groups excluding carboxylic acids is 1. The van der Waals surface area contributed by atoms with Crippen molar-refractivity contribution >= 4 is 11.7 Å². The van der Waals surface area contributed by atoms with Crippen molar-refractivity contribution in [2.75, 3.05) is 19.8 Å². The SMILES string of the molecule is C[NH+](C)Cc1c(C(=O)NNC=CCc2ccccc2)nnn1-c1nonc1N. The number of allylic oxidation sites excluding steroid dienone is 1. The zero-order valence-corrected chi connectivity index (χ0v) is 15.6. The van der Waals surface area contributed by atoms with Crippen molar-refractivity contribution in [3.8, 4) is 5.82 Å². The van der Waals surface area contributed by atoms with Gasteiger partial charge in [-0.15, -0.1) is 5.10 Å². The molecule has 5 N–H and O–H groups in total. The fourth-order valence-corrected chi connectivity index (χ4v) is 2.51. The first-order valence-electron chi connectivity index (χ1n) is 8.63. The molecule has 0 unspecified atom stereocenters. The van der Waals surface area contributed by atoms with Crippen molar-refractivity contribution in [1.29, 1.82) is 0 Å². The lowest BCUT2D eigenvalue weighted by Gasteiger charge is -2.09. The second kappa shape index (κ2) is 8.77. The minimum Gasteiger partial charge on any atom is -0.378 e. The summed E-state index contributed by atoms with van der Waals surface area (Å²) < 4.78 is 5.98. The molecule has 28 heavy (non-hydrogen) atoms. The number of carbonyl (C=O) groups is 1. The molecule has 11 heteroatoms. The first-order chi connectivity index (χ1) is 13.6. The molecular weight excluding hydrogens is 362 g/mol. The number of rotatable bonds is 8. The van der Waals surface area contributed by atoms with Gasteiger partial charge < -0.3 is 16.1 Å². The summed E-state index contributed by atoms with van der Waals surface area (Å²) in [6, 6.07) is 9.98. The Bertz CT molecular complexity index is 947. The minimum atomic E-state index is -0.429. The molecule has 0 aliphatic rings. The monoisotopic (exact) mass is 384 g/mol. The molecule has 0 aliphatic heterocycles. The van der Waals surface area contributed by atoms with Crippen LogP contribution < -0.4 is 21.5 Å². The molecule has 1 aromatic carbocycles. The lowest BCUT2D eigenvalue weighted by molar-refractivity contribution is -0.873. The van der Waals surface area contributed by atoms with Crippen LogP contribution in [-0.4, -0.2) is 45.3 Å². The summed E-state index contributed by atoms with van der Waals surface area (Å²) in [6.07, 6.45) is 4.30. The van der Waals surface area contributed by atoms with Gasteiger partial charge in [-0.05, 0) is 22.3 Å². The van der Waals surface area contributed by atoms with Crippen LogP contribution >= 0.6 is 0 Å². The van der Waals surface area contributed by atoms with Crippen LogP contribution in [0.5, 0.6) is 0 Å². The molecule has 0 radical (unpaired) electrons. The molecule has 2 aromatic heterocycles. The maximum atomic E-state index is 12.5. The Labute approximate surface area is 161 Å². The predicted molar refractivity (Wildman–Crippen MR) is 100 cm³/mol. The van der Waals surface area contributed by atoms with E-state index in [1.165, 1.54) is 10.2 Å². The Balaban J connectivity index is 1.67. The molecule has 0 spiro atoms. The van der Waals surface area contributed by atoms with E-state index < -0.39 is 5.91 Å². The van der Waals surface area contributed by atoms with Crippen molar-refractivity contribution in [3.63, 3.8) is 0 Å². The topological polar surface area (TPSA) is 141 Å².